The van der Waals surface area contributed by atoms with Crippen LogP contribution in [0.2, 0.25) is 0 Å². The van der Waals surface area contributed by atoms with Gasteiger partial charge >= 0.3 is 7.60 Å². The first kappa shape index (κ1) is 12.3. The molecule has 0 saturated carbocycles. The van der Waals surface area contributed by atoms with Crippen LogP contribution in [0.25, 0.3) is 0 Å². The van der Waals surface area contributed by atoms with Gasteiger partial charge in [-0.15, -0.1) is 7.92 Å². The topological polar surface area (TPSA) is 57.5 Å². The van der Waals surface area contributed by atoms with Crippen LogP contribution in [-0.4, -0.2) is 36.4 Å². The van der Waals surface area contributed by atoms with E-state index in [0.29, 0.717) is 7.92 Å². The van der Waals surface area contributed by atoms with Gasteiger partial charge in [0.05, 0.1) is 0 Å². The molecule has 3 nitrogen and oxygen atoms in total. The SMILES string of the molecule is CP(=O)(O)O.CP(C)C. The molecule has 58 valence electrons. The lowest BCUT2D eigenvalue weighted by Crippen LogP contribution is -1.64. The van der Waals surface area contributed by atoms with Gasteiger partial charge in [0, 0.05) is 6.66 Å². The molecule has 0 heterocycles. The standard InChI is InChI=1S/C3H9P.CH5O3P/c1-4(2)3;1-5(2,3)4/h1-3H3;1H3,(H2,2,3,4). The molecular weight excluding hydrogens is 158 g/mol. The normalized spacial score (nSPS) is 10.6. The van der Waals surface area contributed by atoms with Crippen molar-refractivity contribution in [3.63, 3.8) is 0 Å². The molecule has 9 heavy (non-hydrogen) atoms. The van der Waals surface area contributed by atoms with Gasteiger partial charge in [0.2, 0.25) is 0 Å². The van der Waals surface area contributed by atoms with Gasteiger partial charge < -0.3 is 9.79 Å². The molecule has 0 atom stereocenters. The fraction of sp³-hybridized carbons (Fsp3) is 1.00. The Hall–Kier alpha value is 0.580. The highest BCUT2D eigenvalue weighted by Gasteiger charge is 1.95. The highest BCUT2D eigenvalue weighted by Crippen LogP contribution is 2.26. The maximum absolute atomic E-state index is 9.33. The Morgan fingerprint density at radius 3 is 1.22 bits per heavy atom. The summed E-state index contributed by atoms with van der Waals surface area (Å²) in [7, 11) is -3.26. The van der Waals surface area contributed by atoms with E-state index in [0.717, 1.165) is 6.66 Å². The van der Waals surface area contributed by atoms with Crippen LogP contribution in [-0.2, 0) is 4.57 Å². The summed E-state index contributed by atoms with van der Waals surface area (Å²) in [6, 6.07) is 0. The van der Waals surface area contributed by atoms with E-state index in [4.69, 9.17) is 9.79 Å². The second-order valence-electron chi connectivity index (χ2n) is 2.18. The molecular formula is C4H14O3P2. The fourth-order valence-electron chi connectivity index (χ4n) is 0. The summed E-state index contributed by atoms with van der Waals surface area (Å²) in [4.78, 5) is 15.3. The third-order valence-electron chi connectivity index (χ3n) is 0. The molecule has 0 rings (SSSR count). The fourth-order valence-corrected chi connectivity index (χ4v) is 0. The van der Waals surface area contributed by atoms with E-state index in [1.54, 1.807) is 0 Å². The highest BCUT2D eigenvalue weighted by atomic mass is 31.2. The Morgan fingerprint density at radius 2 is 1.22 bits per heavy atom. The van der Waals surface area contributed by atoms with Crippen molar-refractivity contribution in [2.75, 3.05) is 26.7 Å². The van der Waals surface area contributed by atoms with E-state index in [1.165, 1.54) is 0 Å². The van der Waals surface area contributed by atoms with Crippen LogP contribution in [0.4, 0.5) is 0 Å². The van der Waals surface area contributed by atoms with Crippen molar-refractivity contribution in [3.05, 3.63) is 0 Å². The van der Waals surface area contributed by atoms with Crippen molar-refractivity contribution in [2.24, 2.45) is 0 Å². The monoisotopic (exact) mass is 172 g/mol. The number of rotatable bonds is 0. The van der Waals surface area contributed by atoms with Crippen LogP contribution in [0.3, 0.4) is 0 Å². The van der Waals surface area contributed by atoms with Gasteiger partial charge in [0.15, 0.2) is 0 Å². The summed E-state index contributed by atoms with van der Waals surface area (Å²) in [5, 5.41) is 0. The molecule has 0 aliphatic carbocycles. The number of hydrogen-bond acceptors (Lipinski definition) is 1. The first-order valence-corrected chi connectivity index (χ1v) is 7.11. The molecule has 0 aromatic rings. The van der Waals surface area contributed by atoms with E-state index >= 15 is 0 Å². The van der Waals surface area contributed by atoms with Crippen molar-refractivity contribution < 1.29 is 14.4 Å². The Kier molecular flexibility index (Phi) is 7.33. The predicted molar refractivity (Wildman–Crippen MR) is 42.7 cm³/mol. The van der Waals surface area contributed by atoms with Crippen molar-refractivity contribution in [1.82, 2.24) is 0 Å². The summed E-state index contributed by atoms with van der Waals surface area (Å²) in [5.41, 5.74) is 0. The quantitative estimate of drug-likeness (QED) is 0.539. The molecule has 0 amide bonds. The average Bonchev–Trinajstić information content (AvgIpc) is 1.19. The van der Waals surface area contributed by atoms with Crippen molar-refractivity contribution in [3.8, 4) is 0 Å². The van der Waals surface area contributed by atoms with Gasteiger partial charge in [-0.05, 0) is 20.0 Å². The van der Waals surface area contributed by atoms with Gasteiger partial charge in [-0.1, -0.05) is 0 Å². The lowest BCUT2D eigenvalue weighted by atomic mass is 11.9. The van der Waals surface area contributed by atoms with Crippen LogP contribution >= 0.6 is 15.5 Å². The van der Waals surface area contributed by atoms with Crippen LogP contribution in [0.1, 0.15) is 0 Å². The highest BCUT2D eigenvalue weighted by molar-refractivity contribution is 7.55. The maximum Gasteiger partial charge on any atom is 0.322 e. The largest absolute Gasteiger partial charge is 0.325 e. The molecule has 0 spiro atoms. The van der Waals surface area contributed by atoms with E-state index in [-0.39, 0.29) is 0 Å². The zero-order valence-electron chi connectivity index (χ0n) is 6.20. The summed E-state index contributed by atoms with van der Waals surface area (Å²) >= 11 is 0. The molecule has 0 fully saturated rings. The molecule has 2 N–H and O–H groups in total. The molecule has 0 aromatic carbocycles. The van der Waals surface area contributed by atoms with Crippen molar-refractivity contribution in [1.29, 1.82) is 0 Å². The zero-order chi connectivity index (χ0) is 8.08. The lowest BCUT2D eigenvalue weighted by Gasteiger charge is -1.84. The second-order valence-corrected chi connectivity index (χ2v) is 6.53. The van der Waals surface area contributed by atoms with Gasteiger partial charge in [0.1, 0.15) is 0 Å². The smallest absolute Gasteiger partial charge is 0.322 e. The van der Waals surface area contributed by atoms with Crippen molar-refractivity contribution in [2.45, 2.75) is 0 Å². The summed E-state index contributed by atoms with van der Waals surface area (Å²) < 4.78 is 9.33. The third kappa shape index (κ3) is 1100. The van der Waals surface area contributed by atoms with E-state index in [2.05, 4.69) is 20.0 Å². The Labute approximate surface area is 57.4 Å². The van der Waals surface area contributed by atoms with Crippen LogP contribution in [0, 0.1) is 0 Å². The minimum atomic E-state index is -3.64. The van der Waals surface area contributed by atoms with Crippen molar-refractivity contribution >= 4 is 15.5 Å². The van der Waals surface area contributed by atoms with E-state index < -0.39 is 7.60 Å². The van der Waals surface area contributed by atoms with E-state index in [9.17, 15) is 4.57 Å². The Bertz CT molecular complexity index is 85.0. The van der Waals surface area contributed by atoms with Crippen LogP contribution in [0.5, 0.6) is 0 Å². The molecule has 0 bridgehead atoms. The Morgan fingerprint density at radius 1 is 1.22 bits per heavy atom. The zero-order valence-corrected chi connectivity index (χ0v) is 7.99. The summed E-state index contributed by atoms with van der Waals surface area (Å²) in [5.74, 6) is 0. The molecule has 0 radical (unpaired) electrons. The van der Waals surface area contributed by atoms with Gasteiger partial charge in [-0.3, -0.25) is 4.57 Å². The minimum Gasteiger partial charge on any atom is -0.325 e. The molecule has 0 aliphatic heterocycles. The lowest BCUT2D eigenvalue weighted by molar-refractivity contribution is 0.381. The van der Waals surface area contributed by atoms with Crippen LogP contribution < -0.4 is 0 Å². The Balaban J connectivity index is 0. The van der Waals surface area contributed by atoms with Crippen LogP contribution in [0.15, 0.2) is 0 Å². The second kappa shape index (κ2) is 5.37. The first-order chi connectivity index (χ1) is 3.73. The third-order valence-corrected chi connectivity index (χ3v) is 0. The molecule has 0 aliphatic rings. The maximum atomic E-state index is 9.33. The molecule has 0 unspecified atom stereocenters. The molecule has 0 aromatic heterocycles. The number of hydrogen-bond donors (Lipinski definition) is 2. The van der Waals surface area contributed by atoms with E-state index in [1.807, 2.05) is 0 Å². The minimum absolute atomic E-state index is 0.380. The molecule has 0 saturated heterocycles. The summed E-state index contributed by atoms with van der Waals surface area (Å²) in [6.07, 6.45) is 0. The summed E-state index contributed by atoms with van der Waals surface area (Å²) in [6.45, 7) is 7.55. The molecule has 5 heteroatoms. The van der Waals surface area contributed by atoms with Gasteiger partial charge in [0.25, 0.3) is 0 Å². The van der Waals surface area contributed by atoms with Gasteiger partial charge in [-0.25, -0.2) is 0 Å². The average molecular weight is 172 g/mol. The predicted octanol–water partition coefficient (Wildman–Crippen LogP) is 1.15. The van der Waals surface area contributed by atoms with Gasteiger partial charge in [-0.2, -0.15) is 0 Å². The first-order valence-electron chi connectivity index (χ1n) is 2.37.